The lowest BCUT2D eigenvalue weighted by Crippen LogP contribution is -2.15. The van der Waals surface area contributed by atoms with Gasteiger partial charge in [0.25, 0.3) is 5.69 Å². The molecule has 2 heterocycles. The summed E-state index contributed by atoms with van der Waals surface area (Å²) in [7, 11) is 0. The van der Waals surface area contributed by atoms with Gasteiger partial charge in [0.15, 0.2) is 0 Å². The van der Waals surface area contributed by atoms with Crippen LogP contribution in [-0.4, -0.2) is 20.6 Å². The van der Waals surface area contributed by atoms with Gasteiger partial charge in [-0.2, -0.15) is 0 Å². The smallest absolute Gasteiger partial charge is 0.269 e. The van der Waals surface area contributed by atoms with E-state index in [0.717, 1.165) is 38.7 Å². The van der Waals surface area contributed by atoms with Crippen molar-refractivity contribution in [2.45, 2.75) is 10.1 Å². The number of aromatic nitrogens is 2. The van der Waals surface area contributed by atoms with E-state index in [9.17, 15) is 10.1 Å². The molecule has 0 aliphatic carbocycles. The number of fused-ring (bicyclic) bond motifs is 2. The number of para-hydroxylation sites is 3. The summed E-state index contributed by atoms with van der Waals surface area (Å²) in [4.78, 5) is 24.7. The van der Waals surface area contributed by atoms with Crippen LogP contribution in [0.3, 0.4) is 0 Å². The minimum atomic E-state index is -0.396. The highest BCUT2D eigenvalue weighted by molar-refractivity contribution is 8.00. The number of imidazole rings is 1. The number of aromatic amines is 1. The number of nitrogens with one attached hydrogen (secondary N) is 1. The van der Waals surface area contributed by atoms with Crippen molar-refractivity contribution in [3.05, 3.63) is 94.3 Å². The number of hydrogen-bond acceptors (Lipinski definition) is 5. The molecular weight excluding hydrogens is 372 g/mol. The number of nitro benzene ring substituents is 1. The van der Waals surface area contributed by atoms with E-state index in [0.29, 0.717) is 0 Å². The van der Waals surface area contributed by atoms with E-state index in [1.165, 1.54) is 12.1 Å². The van der Waals surface area contributed by atoms with Gasteiger partial charge in [0.2, 0.25) is 0 Å². The van der Waals surface area contributed by atoms with Crippen LogP contribution in [0.2, 0.25) is 0 Å². The summed E-state index contributed by atoms with van der Waals surface area (Å²) in [5, 5.41) is 10.9. The number of nitrogens with zero attached hydrogens (tertiary/aromatic N) is 3. The van der Waals surface area contributed by atoms with Crippen molar-refractivity contribution in [3.63, 3.8) is 0 Å². The minimum absolute atomic E-state index is 0.0634. The van der Waals surface area contributed by atoms with Crippen molar-refractivity contribution in [2.75, 3.05) is 0 Å². The van der Waals surface area contributed by atoms with Crippen LogP contribution < -0.4 is 0 Å². The lowest BCUT2D eigenvalue weighted by Gasteiger charge is -2.23. The molecule has 1 N–H and O–H groups in total. The molecule has 0 radical (unpaired) electrons. The number of rotatable bonds is 3. The molecule has 0 spiro atoms. The highest BCUT2D eigenvalue weighted by Gasteiger charge is 2.29. The maximum absolute atomic E-state index is 11.0. The average Bonchev–Trinajstić information content (AvgIpc) is 3.17. The van der Waals surface area contributed by atoms with E-state index in [1.54, 1.807) is 23.9 Å². The molecular formula is C21H14N4O2S. The van der Waals surface area contributed by atoms with Gasteiger partial charge in [-0.3, -0.25) is 10.1 Å². The van der Waals surface area contributed by atoms with Gasteiger partial charge < -0.3 is 4.98 Å². The van der Waals surface area contributed by atoms with Crippen LogP contribution in [-0.2, 0) is 0 Å². The van der Waals surface area contributed by atoms with Gasteiger partial charge >= 0.3 is 0 Å². The predicted octanol–water partition coefficient (Wildman–Crippen LogP) is 5.44. The molecule has 0 fully saturated rings. The molecule has 1 atom stereocenters. The first-order valence-corrected chi connectivity index (χ1v) is 9.61. The molecule has 1 aliphatic heterocycles. The molecule has 0 amide bonds. The third kappa shape index (κ3) is 2.86. The Bertz CT molecular complexity index is 1200. The Labute approximate surface area is 164 Å². The standard InChI is InChI=1S/C21H14N4O2S/c26-25(27)14-11-9-13(10-12-14)19-20(28-18-8-4-3-7-17(18)22-19)21-23-15-5-1-2-6-16(15)24-21/h1-12,20H,(H,23,24). The fourth-order valence-corrected chi connectivity index (χ4v) is 4.44. The van der Waals surface area contributed by atoms with Crippen molar-refractivity contribution >= 4 is 39.9 Å². The Balaban J connectivity index is 1.65. The van der Waals surface area contributed by atoms with Crippen molar-refractivity contribution in [1.82, 2.24) is 9.97 Å². The summed E-state index contributed by atoms with van der Waals surface area (Å²) in [5.41, 5.74) is 4.51. The fraction of sp³-hybridized carbons (Fsp3) is 0.0476. The Hall–Kier alpha value is -3.45. The number of hydrogen-bond donors (Lipinski definition) is 1. The van der Waals surface area contributed by atoms with Crippen LogP contribution in [0.5, 0.6) is 0 Å². The number of thioether (sulfide) groups is 1. The van der Waals surface area contributed by atoms with Gasteiger partial charge in [0.05, 0.1) is 27.4 Å². The summed E-state index contributed by atoms with van der Waals surface area (Å²) in [6.45, 7) is 0. The molecule has 0 bridgehead atoms. The summed E-state index contributed by atoms with van der Waals surface area (Å²) in [6.07, 6.45) is 0. The van der Waals surface area contributed by atoms with Gasteiger partial charge in [0, 0.05) is 17.0 Å². The molecule has 1 aromatic heterocycles. The third-order valence-corrected chi connectivity index (χ3v) is 5.91. The van der Waals surface area contributed by atoms with Gasteiger partial charge in [-0.1, -0.05) is 24.3 Å². The van der Waals surface area contributed by atoms with Crippen LogP contribution in [0.15, 0.2) is 82.7 Å². The third-order valence-electron chi connectivity index (χ3n) is 4.63. The van der Waals surface area contributed by atoms with E-state index in [2.05, 4.69) is 4.98 Å². The molecule has 6 nitrogen and oxygen atoms in total. The Morgan fingerprint density at radius 3 is 2.50 bits per heavy atom. The predicted molar refractivity (Wildman–Crippen MR) is 110 cm³/mol. The maximum Gasteiger partial charge on any atom is 0.269 e. The van der Waals surface area contributed by atoms with Crippen LogP contribution in [0.1, 0.15) is 16.6 Å². The number of non-ortho nitro benzene ring substituents is 1. The summed E-state index contributed by atoms with van der Waals surface area (Å²) in [6, 6.07) is 22.4. The molecule has 0 saturated carbocycles. The van der Waals surface area contributed by atoms with Crippen LogP contribution in [0.4, 0.5) is 11.4 Å². The Morgan fingerprint density at radius 2 is 1.71 bits per heavy atom. The molecule has 7 heteroatoms. The Morgan fingerprint density at radius 1 is 0.964 bits per heavy atom. The summed E-state index contributed by atoms with van der Waals surface area (Å²) < 4.78 is 0. The molecule has 4 aromatic rings. The second kappa shape index (κ2) is 6.61. The topological polar surface area (TPSA) is 84.2 Å². The van der Waals surface area contributed by atoms with Gasteiger partial charge in [-0.25, -0.2) is 9.98 Å². The second-order valence-electron chi connectivity index (χ2n) is 6.41. The molecule has 28 heavy (non-hydrogen) atoms. The zero-order chi connectivity index (χ0) is 19.1. The number of aliphatic imine (C=N–C) groups is 1. The van der Waals surface area contributed by atoms with E-state index in [1.807, 2.05) is 48.5 Å². The molecule has 3 aromatic carbocycles. The van der Waals surface area contributed by atoms with Gasteiger partial charge in [-0.05, 0) is 42.0 Å². The second-order valence-corrected chi connectivity index (χ2v) is 7.55. The van der Waals surface area contributed by atoms with Crippen molar-refractivity contribution in [2.24, 2.45) is 4.99 Å². The van der Waals surface area contributed by atoms with Crippen molar-refractivity contribution in [3.8, 4) is 0 Å². The SMILES string of the molecule is O=[N+]([O-])c1ccc(C2=Nc3ccccc3SC2c2nc3ccccc3[nH]2)cc1. The largest absolute Gasteiger partial charge is 0.341 e. The Kier molecular flexibility index (Phi) is 3.95. The zero-order valence-electron chi connectivity index (χ0n) is 14.6. The average molecular weight is 386 g/mol. The van der Waals surface area contributed by atoms with Crippen LogP contribution >= 0.6 is 11.8 Å². The lowest BCUT2D eigenvalue weighted by molar-refractivity contribution is -0.384. The molecule has 136 valence electrons. The molecule has 1 unspecified atom stereocenters. The zero-order valence-corrected chi connectivity index (χ0v) is 15.4. The number of H-pyrrole nitrogens is 1. The minimum Gasteiger partial charge on any atom is -0.341 e. The van der Waals surface area contributed by atoms with E-state index < -0.39 is 4.92 Å². The fourth-order valence-electron chi connectivity index (χ4n) is 3.27. The number of nitro groups is 1. The van der Waals surface area contributed by atoms with Gasteiger partial charge in [-0.15, -0.1) is 11.8 Å². The highest BCUT2D eigenvalue weighted by atomic mass is 32.2. The maximum atomic E-state index is 11.0. The highest BCUT2D eigenvalue weighted by Crippen LogP contribution is 2.46. The molecule has 0 saturated heterocycles. The summed E-state index contributed by atoms with van der Waals surface area (Å²) in [5.74, 6) is 0.817. The first-order chi connectivity index (χ1) is 13.7. The monoisotopic (exact) mass is 386 g/mol. The first kappa shape index (κ1) is 16.7. The van der Waals surface area contributed by atoms with Crippen LogP contribution in [0, 0.1) is 10.1 Å². The molecule has 5 rings (SSSR count). The van der Waals surface area contributed by atoms with Crippen molar-refractivity contribution < 1.29 is 4.92 Å². The van der Waals surface area contributed by atoms with E-state index >= 15 is 0 Å². The lowest BCUT2D eigenvalue weighted by atomic mass is 10.1. The van der Waals surface area contributed by atoms with Crippen molar-refractivity contribution in [1.29, 1.82) is 0 Å². The quantitative estimate of drug-likeness (QED) is 0.375. The summed E-state index contributed by atoms with van der Waals surface area (Å²) >= 11 is 1.68. The first-order valence-electron chi connectivity index (χ1n) is 8.73. The molecule has 1 aliphatic rings. The van der Waals surface area contributed by atoms with Crippen LogP contribution in [0.25, 0.3) is 11.0 Å². The number of benzene rings is 3. The normalized spacial score (nSPS) is 15.9. The van der Waals surface area contributed by atoms with E-state index in [-0.39, 0.29) is 10.9 Å². The van der Waals surface area contributed by atoms with E-state index in [4.69, 9.17) is 9.98 Å². The van der Waals surface area contributed by atoms with Gasteiger partial charge in [0.1, 0.15) is 11.1 Å².